The van der Waals surface area contributed by atoms with Crippen molar-refractivity contribution in [3.8, 4) is 17.2 Å². The average Bonchev–Trinajstić information content (AvgIpc) is 2.79. The molecule has 1 aliphatic heterocycles. The van der Waals surface area contributed by atoms with E-state index < -0.39 is 5.41 Å². The van der Waals surface area contributed by atoms with Gasteiger partial charge in [-0.1, -0.05) is 60.7 Å². The molecule has 1 amide bonds. The van der Waals surface area contributed by atoms with Crippen molar-refractivity contribution in [2.75, 3.05) is 27.3 Å². The van der Waals surface area contributed by atoms with E-state index >= 15 is 0 Å². The second-order valence-electron chi connectivity index (χ2n) is 7.26. The van der Waals surface area contributed by atoms with Gasteiger partial charge in [-0.2, -0.15) is 0 Å². The van der Waals surface area contributed by atoms with Gasteiger partial charge in [-0.25, -0.2) is 4.79 Å². The van der Waals surface area contributed by atoms with E-state index in [1.165, 1.54) is 0 Å². The number of methoxy groups -OCH3 is 1. The van der Waals surface area contributed by atoms with Gasteiger partial charge in [0.15, 0.2) is 11.5 Å². The fourth-order valence-electron chi connectivity index (χ4n) is 4.23. The van der Waals surface area contributed by atoms with Gasteiger partial charge in [0, 0.05) is 24.7 Å². The molecule has 3 aromatic carbocycles. The first-order valence-electron chi connectivity index (χ1n) is 10.00. The fraction of sp³-hybridized carbons (Fsp3) is 0.240. The molecule has 30 heavy (non-hydrogen) atoms. The Morgan fingerprint density at radius 3 is 2.40 bits per heavy atom. The molecule has 0 saturated carbocycles. The summed E-state index contributed by atoms with van der Waals surface area (Å²) in [6.45, 7) is 2.52. The lowest BCUT2D eigenvalue weighted by atomic mass is 9.67. The van der Waals surface area contributed by atoms with E-state index in [-0.39, 0.29) is 6.09 Å². The third-order valence-corrected chi connectivity index (χ3v) is 5.54. The van der Waals surface area contributed by atoms with Gasteiger partial charge in [-0.15, -0.1) is 0 Å². The van der Waals surface area contributed by atoms with Crippen LogP contribution >= 0.6 is 0 Å². The molecule has 1 heterocycles. The van der Waals surface area contributed by atoms with Gasteiger partial charge in [0.25, 0.3) is 0 Å². The van der Waals surface area contributed by atoms with E-state index in [0.717, 1.165) is 22.4 Å². The molecule has 0 N–H and O–H groups in total. The minimum absolute atomic E-state index is 0.325. The smallest absolute Gasteiger partial charge is 0.409 e. The molecule has 0 spiro atoms. The maximum atomic E-state index is 12.6. The van der Waals surface area contributed by atoms with Crippen LogP contribution in [-0.4, -0.2) is 38.3 Å². The molecule has 0 bridgehead atoms. The highest BCUT2D eigenvalue weighted by atomic mass is 16.6. The Hall–Kier alpha value is -3.47. The Labute approximate surface area is 176 Å². The predicted octanol–water partition coefficient (Wildman–Crippen LogP) is 5.22. The first-order valence-corrected chi connectivity index (χ1v) is 10.00. The van der Waals surface area contributed by atoms with Crippen molar-refractivity contribution in [3.05, 3.63) is 89.5 Å². The number of hydrogen-bond acceptors (Lipinski definition) is 4. The zero-order valence-electron chi connectivity index (χ0n) is 17.4. The average molecular weight is 403 g/mol. The van der Waals surface area contributed by atoms with E-state index in [4.69, 9.17) is 14.2 Å². The molecule has 5 heteroatoms. The number of nitrogens with zero attached hydrogens (tertiary/aromatic N) is 1. The zero-order chi connectivity index (χ0) is 21.1. The lowest BCUT2D eigenvalue weighted by Gasteiger charge is -2.43. The van der Waals surface area contributed by atoms with Crippen LogP contribution in [0.3, 0.4) is 0 Å². The summed E-state index contributed by atoms with van der Waals surface area (Å²) in [5.74, 6) is 2.07. The van der Waals surface area contributed by atoms with E-state index in [1.54, 1.807) is 19.1 Å². The van der Waals surface area contributed by atoms with Gasteiger partial charge in [0.1, 0.15) is 5.75 Å². The van der Waals surface area contributed by atoms with Crippen LogP contribution < -0.4 is 9.47 Å². The summed E-state index contributed by atoms with van der Waals surface area (Å²) in [5.41, 5.74) is 2.35. The molecule has 0 fully saturated rings. The van der Waals surface area contributed by atoms with E-state index in [1.807, 2.05) is 61.5 Å². The van der Waals surface area contributed by atoms with Crippen molar-refractivity contribution in [1.82, 2.24) is 4.90 Å². The molecule has 3 aromatic rings. The third-order valence-electron chi connectivity index (χ3n) is 5.54. The van der Waals surface area contributed by atoms with E-state index in [9.17, 15) is 4.79 Å². The highest BCUT2D eigenvalue weighted by Gasteiger charge is 2.46. The topological polar surface area (TPSA) is 48.0 Å². The van der Waals surface area contributed by atoms with Crippen LogP contribution in [0.4, 0.5) is 4.79 Å². The van der Waals surface area contributed by atoms with E-state index in [2.05, 4.69) is 18.2 Å². The first-order chi connectivity index (χ1) is 14.6. The Balaban J connectivity index is 2.01. The first kappa shape index (κ1) is 19.8. The van der Waals surface area contributed by atoms with Gasteiger partial charge >= 0.3 is 6.09 Å². The van der Waals surface area contributed by atoms with Crippen molar-refractivity contribution < 1.29 is 19.0 Å². The molecule has 1 atom stereocenters. The largest absolute Gasteiger partial charge is 0.493 e. The number of rotatable bonds is 5. The van der Waals surface area contributed by atoms with Crippen molar-refractivity contribution in [1.29, 1.82) is 0 Å². The Morgan fingerprint density at radius 2 is 1.67 bits per heavy atom. The summed E-state index contributed by atoms with van der Waals surface area (Å²) in [7, 11) is 3.40. The lowest BCUT2D eigenvalue weighted by molar-refractivity contribution is 0.111. The van der Waals surface area contributed by atoms with Crippen LogP contribution in [0.1, 0.15) is 23.6 Å². The molecule has 1 unspecified atom stereocenters. The number of likely N-dealkylation sites (N-methyl/N-ethyl adjacent to an activating group) is 1. The van der Waals surface area contributed by atoms with E-state index in [0.29, 0.717) is 24.7 Å². The van der Waals surface area contributed by atoms with Gasteiger partial charge < -0.3 is 19.1 Å². The number of carbonyl (C=O) groups excluding carboxylic acids is 1. The number of fused-ring (bicyclic) bond motifs is 2. The summed E-state index contributed by atoms with van der Waals surface area (Å²) in [6, 6.07) is 24.0. The SMILES string of the molecule is CCOC(=O)N(C)CC1(c2ccccc2)c2ccccc2Oc2c(OC)cccc21. The van der Waals surface area contributed by atoms with Crippen LogP contribution in [0.15, 0.2) is 72.8 Å². The highest BCUT2D eigenvalue weighted by Crippen LogP contribution is 2.54. The molecule has 5 nitrogen and oxygen atoms in total. The van der Waals surface area contributed by atoms with Crippen LogP contribution in [0.25, 0.3) is 0 Å². The predicted molar refractivity (Wildman–Crippen MR) is 115 cm³/mol. The Bertz CT molecular complexity index is 1050. The van der Waals surface area contributed by atoms with Gasteiger partial charge in [-0.3, -0.25) is 0 Å². The number of benzene rings is 3. The summed E-state index contributed by atoms with van der Waals surface area (Å²) < 4.78 is 17.2. The van der Waals surface area contributed by atoms with Crippen molar-refractivity contribution in [2.24, 2.45) is 0 Å². The molecule has 0 aromatic heterocycles. The third kappa shape index (κ3) is 3.16. The van der Waals surface area contributed by atoms with Crippen LogP contribution in [0.5, 0.6) is 17.2 Å². The summed E-state index contributed by atoms with van der Waals surface area (Å²) in [5, 5.41) is 0. The second kappa shape index (κ2) is 8.11. The second-order valence-corrected chi connectivity index (χ2v) is 7.26. The van der Waals surface area contributed by atoms with Crippen LogP contribution in [0, 0.1) is 0 Å². The zero-order valence-corrected chi connectivity index (χ0v) is 17.4. The van der Waals surface area contributed by atoms with Crippen molar-refractivity contribution in [3.63, 3.8) is 0 Å². The highest BCUT2D eigenvalue weighted by molar-refractivity contribution is 5.71. The lowest BCUT2D eigenvalue weighted by Crippen LogP contribution is -2.45. The molecule has 4 rings (SSSR count). The molecule has 154 valence electrons. The Morgan fingerprint density at radius 1 is 0.967 bits per heavy atom. The number of amides is 1. The molecule has 0 aliphatic carbocycles. The summed E-state index contributed by atoms with van der Waals surface area (Å²) >= 11 is 0. The monoisotopic (exact) mass is 403 g/mol. The van der Waals surface area contributed by atoms with Gasteiger partial charge in [-0.05, 0) is 24.6 Å². The molecular weight excluding hydrogens is 378 g/mol. The van der Waals surface area contributed by atoms with Gasteiger partial charge in [0.2, 0.25) is 0 Å². The minimum Gasteiger partial charge on any atom is -0.493 e. The fourth-order valence-corrected chi connectivity index (χ4v) is 4.23. The molecular formula is C25H25NO4. The summed E-state index contributed by atoms with van der Waals surface area (Å²) in [4.78, 5) is 14.2. The molecule has 0 saturated heterocycles. The maximum absolute atomic E-state index is 12.6. The molecule has 1 aliphatic rings. The standard InChI is InChI=1S/C25H25NO4/c1-4-29-24(27)26(2)17-25(18-11-6-5-7-12-18)19-13-8-9-15-21(19)30-23-20(25)14-10-16-22(23)28-3/h5-16H,4,17H2,1-3H3. The van der Waals surface area contributed by atoms with Gasteiger partial charge in [0.05, 0.1) is 19.1 Å². The number of para-hydroxylation sites is 2. The van der Waals surface area contributed by atoms with Crippen molar-refractivity contribution in [2.45, 2.75) is 12.3 Å². The summed E-state index contributed by atoms with van der Waals surface area (Å²) in [6.07, 6.45) is -0.360. The Kier molecular flexibility index (Phi) is 5.36. The van der Waals surface area contributed by atoms with Crippen LogP contribution in [0.2, 0.25) is 0 Å². The van der Waals surface area contributed by atoms with Crippen LogP contribution in [-0.2, 0) is 10.2 Å². The normalized spacial score (nSPS) is 16.6. The number of ether oxygens (including phenoxy) is 3. The maximum Gasteiger partial charge on any atom is 0.409 e. The molecule has 0 radical (unpaired) electrons. The number of hydrogen-bond donors (Lipinski definition) is 0. The minimum atomic E-state index is -0.651. The number of carbonyl (C=O) groups is 1. The quantitative estimate of drug-likeness (QED) is 0.586. The van der Waals surface area contributed by atoms with Crippen molar-refractivity contribution >= 4 is 6.09 Å².